The van der Waals surface area contributed by atoms with Crippen molar-refractivity contribution in [1.82, 2.24) is 5.32 Å². The van der Waals surface area contributed by atoms with Gasteiger partial charge < -0.3 is 15.2 Å². The molecule has 1 rings (SSSR count). The van der Waals surface area contributed by atoms with Crippen molar-refractivity contribution < 1.29 is 24.4 Å². The zero-order valence-corrected chi connectivity index (χ0v) is 10.7. The van der Waals surface area contributed by atoms with E-state index in [1.807, 2.05) is 0 Å². The molecule has 0 fully saturated rings. The summed E-state index contributed by atoms with van der Waals surface area (Å²) in [4.78, 5) is 32.0. The highest BCUT2D eigenvalue weighted by molar-refractivity contribution is 5.79. The third-order valence-electron chi connectivity index (χ3n) is 2.52. The van der Waals surface area contributed by atoms with Gasteiger partial charge in [-0.3, -0.25) is 10.1 Å². The van der Waals surface area contributed by atoms with E-state index in [-0.39, 0.29) is 18.7 Å². The fraction of sp³-hybridized carbons (Fsp3) is 0.333. The van der Waals surface area contributed by atoms with Crippen LogP contribution in [0.25, 0.3) is 0 Å². The van der Waals surface area contributed by atoms with Crippen molar-refractivity contribution in [3.05, 3.63) is 39.9 Å². The lowest BCUT2D eigenvalue weighted by molar-refractivity contribution is -0.384. The first kappa shape index (κ1) is 15.4. The Hall–Kier alpha value is -2.64. The molecule has 1 atom stereocenters. The highest BCUT2D eigenvalue weighted by Gasteiger charge is 2.18. The Morgan fingerprint density at radius 2 is 2.00 bits per heavy atom. The molecule has 1 aromatic carbocycles. The molecule has 0 spiro atoms. The van der Waals surface area contributed by atoms with E-state index in [0.29, 0.717) is 5.56 Å². The van der Waals surface area contributed by atoms with Crippen molar-refractivity contribution in [3.63, 3.8) is 0 Å². The fourth-order valence-corrected chi connectivity index (χ4v) is 1.39. The Balaban J connectivity index is 2.48. The lowest BCUT2D eigenvalue weighted by Gasteiger charge is -2.12. The number of hydrogen-bond donors (Lipinski definition) is 2. The Labute approximate surface area is 114 Å². The molecule has 0 aromatic heterocycles. The molecule has 0 unspecified atom stereocenters. The number of aliphatic carboxylic acids is 1. The number of nitro benzene ring substituents is 1. The lowest BCUT2D eigenvalue weighted by Crippen LogP contribution is -2.40. The van der Waals surface area contributed by atoms with Crippen molar-refractivity contribution in [1.29, 1.82) is 0 Å². The van der Waals surface area contributed by atoms with Crippen LogP contribution in [0.4, 0.5) is 10.5 Å². The molecule has 0 aliphatic carbocycles. The van der Waals surface area contributed by atoms with E-state index in [4.69, 9.17) is 9.84 Å². The monoisotopic (exact) mass is 282 g/mol. The van der Waals surface area contributed by atoms with Crippen LogP contribution >= 0.6 is 0 Å². The van der Waals surface area contributed by atoms with Gasteiger partial charge in [0.1, 0.15) is 12.6 Å². The molecule has 2 N–H and O–H groups in total. The summed E-state index contributed by atoms with van der Waals surface area (Å²) in [6.45, 7) is 1.52. The van der Waals surface area contributed by atoms with Crippen LogP contribution in [0, 0.1) is 10.1 Å². The minimum atomic E-state index is -1.14. The van der Waals surface area contributed by atoms with Gasteiger partial charge in [0.05, 0.1) is 4.92 Å². The second-order valence-electron chi connectivity index (χ2n) is 3.94. The summed E-state index contributed by atoms with van der Waals surface area (Å²) in [5, 5.41) is 21.4. The number of hydrogen-bond acceptors (Lipinski definition) is 5. The molecule has 0 aliphatic heterocycles. The van der Waals surface area contributed by atoms with Crippen LogP contribution in [0.1, 0.15) is 18.9 Å². The van der Waals surface area contributed by atoms with Crippen molar-refractivity contribution in [2.24, 2.45) is 0 Å². The number of nitro groups is 1. The normalized spacial score (nSPS) is 11.4. The summed E-state index contributed by atoms with van der Waals surface area (Å²) in [6.07, 6.45) is -0.611. The number of ether oxygens (including phenoxy) is 1. The molecule has 20 heavy (non-hydrogen) atoms. The van der Waals surface area contributed by atoms with Crippen LogP contribution in [-0.4, -0.2) is 28.1 Å². The predicted molar refractivity (Wildman–Crippen MR) is 68.1 cm³/mol. The largest absolute Gasteiger partial charge is 0.480 e. The number of nitrogens with one attached hydrogen (secondary N) is 1. The van der Waals surface area contributed by atoms with E-state index in [1.54, 1.807) is 6.92 Å². The number of carbonyl (C=O) groups excluding carboxylic acids is 1. The van der Waals surface area contributed by atoms with Crippen LogP contribution in [0.3, 0.4) is 0 Å². The van der Waals surface area contributed by atoms with Gasteiger partial charge in [0.2, 0.25) is 0 Å². The van der Waals surface area contributed by atoms with Gasteiger partial charge in [0, 0.05) is 12.1 Å². The SMILES string of the molecule is CC[C@H](NC(=O)OCc1ccc([N+](=O)[O-])cc1)C(=O)O. The Morgan fingerprint density at radius 3 is 2.45 bits per heavy atom. The molecule has 0 saturated heterocycles. The maximum absolute atomic E-state index is 11.4. The maximum atomic E-state index is 11.4. The van der Waals surface area contributed by atoms with Crippen LogP contribution in [0.15, 0.2) is 24.3 Å². The summed E-state index contributed by atoms with van der Waals surface area (Å²) < 4.78 is 4.83. The number of nitrogens with zero attached hydrogens (tertiary/aromatic N) is 1. The summed E-state index contributed by atoms with van der Waals surface area (Å²) in [6, 6.07) is 4.50. The van der Waals surface area contributed by atoms with Crippen molar-refractivity contribution >= 4 is 17.7 Å². The molecular formula is C12H14N2O6. The van der Waals surface area contributed by atoms with E-state index < -0.39 is 23.0 Å². The maximum Gasteiger partial charge on any atom is 0.408 e. The molecule has 108 valence electrons. The number of amides is 1. The predicted octanol–water partition coefficient (Wildman–Crippen LogP) is 1.68. The minimum absolute atomic E-state index is 0.0601. The van der Waals surface area contributed by atoms with Crippen LogP contribution in [0.5, 0.6) is 0 Å². The first-order valence-corrected chi connectivity index (χ1v) is 5.83. The number of carbonyl (C=O) groups is 2. The molecule has 0 bridgehead atoms. The molecule has 0 radical (unpaired) electrons. The average molecular weight is 282 g/mol. The lowest BCUT2D eigenvalue weighted by atomic mass is 10.2. The van der Waals surface area contributed by atoms with Crippen LogP contribution in [-0.2, 0) is 16.1 Å². The zero-order valence-electron chi connectivity index (χ0n) is 10.7. The van der Waals surface area contributed by atoms with Gasteiger partial charge in [-0.1, -0.05) is 6.92 Å². The summed E-state index contributed by atoms with van der Waals surface area (Å²) >= 11 is 0. The average Bonchev–Trinajstić information content (AvgIpc) is 2.42. The van der Waals surface area contributed by atoms with Gasteiger partial charge in [-0.25, -0.2) is 9.59 Å². The van der Waals surface area contributed by atoms with E-state index in [9.17, 15) is 19.7 Å². The highest BCUT2D eigenvalue weighted by Crippen LogP contribution is 2.12. The number of alkyl carbamates (subject to hydrolysis) is 1. The van der Waals surface area contributed by atoms with E-state index in [0.717, 1.165) is 0 Å². The van der Waals surface area contributed by atoms with Crippen molar-refractivity contribution in [3.8, 4) is 0 Å². The molecule has 8 heteroatoms. The number of carboxylic acid groups (broad SMARTS) is 1. The Morgan fingerprint density at radius 1 is 1.40 bits per heavy atom. The van der Waals surface area contributed by atoms with Gasteiger partial charge in [0.25, 0.3) is 5.69 Å². The molecule has 1 aromatic rings. The van der Waals surface area contributed by atoms with Gasteiger partial charge >= 0.3 is 12.1 Å². The quantitative estimate of drug-likeness (QED) is 0.605. The third-order valence-corrected chi connectivity index (χ3v) is 2.52. The summed E-state index contributed by atoms with van der Waals surface area (Å²) in [5.41, 5.74) is 0.504. The molecule has 0 saturated carbocycles. The second-order valence-corrected chi connectivity index (χ2v) is 3.94. The van der Waals surface area contributed by atoms with Gasteiger partial charge in [-0.05, 0) is 24.1 Å². The van der Waals surface area contributed by atoms with Crippen LogP contribution < -0.4 is 5.32 Å². The summed E-state index contributed by atoms with van der Waals surface area (Å²) in [7, 11) is 0. The third kappa shape index (κ3) is 4.56. The number of non-ortho nitro benzene ring substituents is 1. The first-order valence-electron chi connectivity index (χ1n) is 5.83. The molecule has 1 amide bonds. The van der Waals surface area contributed by atoms with Gasteiger partial charge in [-0.15, -0.1) is 0 Å². The van der Waals surface area contributed by atoms with Gasteiger partial charge in [0.15, 0.2) is 0 Å². The van der Waals surface area contributed by atoms with Crippen LogP contribution in [0.2, 0.25) is 0 Å². The number of rotatable bonds is 6. The molecule has 8 nitrogen and oxygen atoms in total. The number of benzene rings is 1. The molecular weight excluding hydrogens is 268 g/mol. The zero-order chi connectivity index (χ0) is 15.1. The smallest absolute Gasteiger partial charge is 0.408 e. The van der Waals surface area contributed by atoms with E-state index >= 15 is 0 Å². The van der Waals surface area contributed by atoms with Gasteiger partial charge in [-0.2, -0.15) is 0 Å². The first-order chi connectivity index (χ1) is 9.43. The Bertz CT molecular complexity index is 499. The minimum Gasteiger partial charge on any atom is -0.480 e. The number of carboxylic acids is 1. The van der Waals surface area contributed by atoms with Crippen molar-refractivity contribution in [2.45, 2.75) is 26.0 Å². The highest BCUT2D eigenvalue weighted by atomic mass is 16.6. The van der Waals surface area contributed by atoms with E-state index in [1.165, 1.54) is 24.3 Å². The second kappa shape index (κ2) is 7.07. The molecule has 0 aliphatic rings. The standard InChI is InChI=1S/C12H14N2O6/c1-2-10(11(15)16)13-12(17)20-7-8-3-5-9(6-4-8)14(18)19/h3-6,10H,2,7H2,1H3,(H,13,17)(H,15,16)/t10-/m0/s1. The van der Waals surface area contributed by atoms with Crippen molar-refractivity contribution in [2.75, 3.05) is 0 Å². The van der Waals surface area contributed by atoms with E-state index in [2.05, 4.69) is 5.32 Å². The Kier molecular flexibility index (Phi) is 5.45. The topological polar surface area (TPSA) is 119 Å². The molecule has 0 heterocycles. The summed E-state index contributed by atoms with van der Waals surface area (Å²) in [5.74, 6) is -1.14. The fourth-order valence-electron chi connectivity index (χ4n) is 1.39.